The molecule has 2 aliphatic carbocycles. The number of nitriles is 1. The lowest BCUT2D eigenvalue weighted by molar-refractivity contribution is -0.137. The number of halogens is 3. The molecule has 5 nitrogen and oxygen atoms in total. The largest absolute Gasteiger partial charge is 0.417 e. The smallest absolute Gasteiger partial charge is 0.305 e. The summed E-state index contributed by atoms with van der Waals surface area (Å²) in [4.78, 5) is 29.7. The monoisotopic (exact) mass is 437 g/mol. The van der Waals surface area contributed by atoms with Crippen LogP contribution in [0.4, 0.5) is 23.7 Å². The summed E-state index contributed by atoms with van der Waals surface area (Å²) in [6.45, 7) is 1.96. The fraction of sp³-hybridized carbons (Fsp3) is 0.292. The van der Waals surface area contributed by atoms with Crippen LogP contribution in [0.5, 0.6) is 0 Å². The molecule has 2 aromatic rings. The lowest BCUT2D eigenvalue weighted by atomic mass is 9.80. The maximum Gasteiger partial charge on any atom is 0.417 e. The number of likely N-dealkylation sites (N-methyl/N-ethyl adjacent to an activating group) is 1. The summed E-state index contributed by atoms with van der Waals surface area (Å²) in [6.07, 6.45) is -1.48. The van der Waals surface area contributed by atoms with Gasteiger partial charge in [-0.1, -0.05) is 42.0 Å². The van der Waals surface area contributed by atoms with E-state index in [2.05, 4.69) is 6.08 Å². The number of nitrogens with zero attached hydrogens (tertiary/aromatic N) is 3. The molecule has 1 aliphatic heterocycles. The SMILES string of the molecule is CCN1C(=O)N(c2ccc(C#N)c(C(F)(F)F)c2)C(=O)C1(CC12C=C1C2)c1ccccc1. The van der Waals surface area contributed by atoms with Crippen molar-refractivity contribution in [1.82, 2.24) is 4.90 Å². The van der Waals surface area contributed by atoms with Crippen LogP contribution in [-0.2, 0) is 16.5 Å². The first kappa shape index (κ1) is 20.3. The Morgan fingerprint density at radius 3 is 2.31 bits per heavy atom. The molecule has 1 saturated heterocycles. The summed E-state index contributed by atoms with van der Waals surface area (Å²) in [5.74, 6) is -0.575. The van der Waals surface area contributed by atoms with Crippen LogP contribution in [0.2, 0.25) is 0 Å². The zero-order chi connectivity index (χ0) is 22.9. The highest BCUT2D eigenvalue weighted by atomic mass is 19.4. The van der Waals surface area contributed by atoms with Gasteiger partial charge in [-0.2, -0.15) is 18.4 Å². The minimum absolute atomic E-state index is 0.170. The molecule has 0 bridgehead atoms. The van der Waals surface area contributed by atoms with Gasteiger partial charge in [0.1, 0.15) is 0 Å². The molecule has 5 rings (SSSR count). The van der Waals surface area contributed by atoms with Crippen LogP contribution in [0.25, 0.3) is 0 Å². The van der Waals surface area contributed by atoms with Crippen molar-refractivity contribution in [1.29, 1.82) is 5.26 Å². The van der Waals surface area contributed by atoms with Crippen LogP contribution in [0, 0.1) is 16.7 Å². The van der Waals surface area contributed by atoms with Gasteiger partial charge >= 0.3 is 12.2 Å². The summed E-state index contributed by atoms with van der Waals surface area (Å²) >= 11 is 0. The molecule has 8 heteroatoms. The van der Waals surface area contributed by atoms with Crippen molar-refractivity contribution in [2.45, 2.75) is 31.5 Å². The number of alkyl halides is 3. The molecule has 1 heterocycles. The molecule has 0 N–H and O–H groups in total. The molecular formula is C24H18F3N3O2. The maximum absolute atomic E-state index is 13.9. The molecule has 0 spiro atoms. The van der Waals surface area contributed by atoms with E-state index in [1.165, 1.54) is 22.6 Å². The molecule has 0 radical (unpaired) electrons. The predicted octanol–water partition coefficient (Wildman–Crippen LogP) is 4.98. The number of carbonyl (C=O) groups excluding carboxylic acids is 2. The fourth-order valence-corrected chi connectivity index (χ4v) is 4.82. The Hall–Kier alpha value is -3.60. The number of hydrogen-bond acceptors (Lipinski definition) is 3. The maximum atomic E-state index is 13.9. The van der Waals surface area contributed by atoms with Crippen molar-refractivity contribution in [3.8, 4) is 6.07 Å². The molecule has 0 aromatic heterocycles. The highest BCUT2D eigenvalue weighted by Gasteiger charge is 2.68. The summed E-state index contributed by atoms with van der Waals surface area (Å²) < 4.78 is 40.6. The second-order valence-corrected chi connectivity index (χ2v) is 8.41. The van der Waals surface area contributed by atoms with Crippen molar-refractivity contribution in [3.05, 3.63) is 76.9 Å². The molecular weight excluding hydrogens is 419 g/mol. The first-order valence-corrected chi connectivity index (χ1v) is 10.2. The van der Waals surface area contributed by atoms with E-state index in [-0.39, 0.29) is 17.6 Å². The van der Waals surface area contributed by atoms with Crippen LogP contribution in [-0.4, -0.2) is 23.4 Å². The minimum atomic E-state index is -4.80. The number of imide groups is 1. The topological polar surface area (TPSA) is 64.4 Å². The van der Waals surface area contributed by atoms with Gasteiger partial charge in [-0.25, -0.2) is 9.69 Å². The first-order valence-electron chi connectivity index (χ1n) is 10.2. The summed E-state index contributed by atoms with van der Waals surface area (Å²) in [6, 6.07) is 12.7. The third-order valence-corrected chi connectivity index (χ3v) is 6.65. The zero-order valence-electron chi connectivity index (χ0n) is 17.1. The molecule has 162 valence electrons. The molecule has 2 unspecified atom stereocenters. The normalized spacial score (nSPS) is 26.0. The lowest BCUT2D eigenvalue weighted by Gasteiger charge is -2.36. The Bertz CT molecular complexity index is 1230. The highest BCUT2D eigenvalue weighted by molar-refractivity contribution is 6.23. The number of anilines is 1. The molecule has 1 saturated carbocycles. The molecule has 2 fully saturated rings. The van der Waals surface area contributed by atoms with Gasteiger partial charge < -0.3 is 4.90 Å². The van der Waals surface area contributed by atoms with Gasteiger partial charge in [-0.05, 0) is 43.5 Å². The molecule has 2 atom stereocenters. The quantitative estimate of drug-likeness (QED) is 0.490. The number of rotatable bonds is 5. The average molecular weight is 437 g/mol. The van der Waals surface area contributed by atoms with Crippen LogP contribution in [0.3, 0.4) is 0 Å². The van der Waals surface area contributed by atoms with Crippen molar-refractivity contribution in [3.63, 3.8) is 0 Å². The highest BCUT2D eigenvalue weighted by Crippen LogP contribution is 2.72. The van der Waals surface area contributed by atoms with Crippen molar-refractivity contribution in [2.75, 3.05) is 11.4 Å². The standard InChI is InChI=1S/C24H18F3N3O2/c1-2-29-21(32)30(18-9-8-15(13-28)19(10-18)24(25,26)27)20(31)23(29,14-22-11-17(22)12-22)16-6-4-3-5-7-16/h3-11H,2,12,14H2,1H3. The molecule has 3 aliphatic rings. The van der Waals surface area contributed by atoms with E-state index in [0.29, 0.717) is 18.1 Å². The average Bonchev–Trinajstić information content (AvgIpc) is 3.61. The van der Waals surface area contributed by atoms with E-state index in [1.807, 2.05) is 0 Å². The van der Waals surface area contributed by atoms with E-state index in [0.717, 1.165) is 17.4 Å². The van der Waals surface area contributed by atoms with Crippen molar-refractivity contribution < 1.29 is 22.8 Å². The predicted molar refractivity (Wildman–Crippen MR) is 109 cm³/mol. The second-order valence-electron chi connectivity index (χ2n) is 8.41. The molecule has 3 amide bonds. The van der Waals surface area contributed by atoms with Crippen LogP contribution >= 0.6 is 0 Å². The third kappa shape index (κ3) is 2.70. The fourth-order valence-electron chi connectivity index (χ4n) is 4.82. The summed E-state index contributed by atoms with van der Waals surface area (Å²) in [7, 11) is 0. The number of benzene rings is 2. The van der Waals surface area contributed by atoms with Crippen LogP contribution < -0.4 is 4.90 Å². The van der Waals surface area contributed by atoms with E-state index >= 15 is 0 Å². The van der Waals surface area contributed by atoms with E-state index in [1.54, 1.807) is 37.3 Å². The Morgan fingerprint density at radius 1 is 1.12 bits per heavy atom. The number of hydrogen-bond donors (Lipinski definition) is 0. The van der Waals surface area contributed by atoms with Gasteiger partial charge in [0, 0.05) is 12.0 Å². The number of urea groups is 1. The molecule has 2 aromatic carbocycles. The number of fused-ring (bicyclic) bond motifs is 1. The van der Waals surface area contributed by atoms with Gasteiger partial charge in [0.15, 0.2) is 5.54 Å². The number of amides is 3. The van der Waals surface area contributed by atoms with Gasteiger partial charge in [0.2, 0.25) is 0 Å². The second kappa shape index (κ2) is 6.45. The minimum Gasteiger partial charge on any atom is -0.305 e. The first-order chi connectivity index (χ1) is 15.2. The Labute approximate surface area is 182 Å². The van der Waals surface area contributed by atoms with Crippen LogP contribution in [0.15, 0.2) is 60.2 Å². The number of carbonyl (C=O) groups is 2. The summed E-state index contributed by atoms with van der Waals surface area (Å²) in [5, 5.41) is 9.08. The van der Waals surface area contributed by atoms with Crippen LogP contribution in [0.1, 0.15) is 36.5 Å². The van der Waals surface area contributed by atoms with E-state index in [9.17, 15) is 22.8 Å². The Kier molecular flexibility index (Phi) is 4.10. The number of allylic oxidation sites excluding steroid dienone is 2. The van der Waals surface area contributed by atoms with E-state index < -0.39 is 34.8 Å². The third-order valence-electron chi connectivity index (χ3n) is 6.65. The van der Waals surface area contributed by atoms with Gasteiger partial charge in [-0.3, -0.25) is 4.79 Å². The lowest BCUT2D eigenvalue weighted by Crippen LogP contribution is -2.48. The van der Waals surface area contributed by atoms with Crippen molar-refractivity contribution in [2.24, 2.45) is 5.41 Å². The van der Waals surface area contributed by atoms with Crippen molar-refractivity contribution >= 4 is 17.6 Å². The van der Waals surface area contributed by atoms with Gasteiger partial charge in [-0.15, -0.1) is 0 Å². The van der Waals surface area contributed by atoms with Gasteiger partial charge in [0.05, 0.1) is 22.9 Å². The van der Waals surface area contributed by atoms with Gasteiger partial charge in [0.25, 0.3) is 5.91 Å². The summed E-state index contributed by atoms with van der Waals surface area (Å²) in [5.41, 5.74) is -1.53. The molecule has 32 heavy (non-hydrogen) atoms. The Balaban J connectivity index is 1.66. The Morgan fingerprint density at radius 2 is 1.78 bits per heavy atom. The van der Waals surface area contributed by atoms with E-state index in [4.69, 9.17) is 5.26 Å². The zero-order valence-corrected chi connectivity index (χ0v) is 17.1.